The maximum atomic E-state index is 12.1. The molecule has 0 aliphatic carbocycles. The lowest BCUT2D eigenvalue weighted by Crippen LogP contribution is -2.30. The minimum atomic E-state index is -2.92. The number of hydrogen-bond acceptors (Lipinski definition) is 5. The molecule has 6 heteroatoms. The number of nitrogens with zero attached hydrogens (tertiary/aromatic N) is 1. The van der Waals surface area contributed by atoms with Gasteiger partial charge in [0.25, 0.3) is 0 Å². The Labute approximate surface area is 126 Å². The molecule has 118 valence electrons. The number of hydrogen-bond donors (Lipinski definition) is 0. The number of rotatable bonds is 8. The van der Waals surface area contributed by atoms with Crippen molar-refractivity contribution in [2.45, 2.75) is 31.9 Å². The summed E-state index contributed by atoms with van der Waals surface area (Å²) in [5.74, 6) is 0. The van der Waals surface area contributed by atoms with E-state index in [2.05, 4.69) is 12.1 Å². The van der Waals surface area contributed by atoms with E-state index in [0.717, 1.165) is 31.4 Å². The summed E-state index contributed by atoms with van der Waals surface area (Å²) in [6.45, 7) is 1.49. The Kier molecular flexibility index (Phi) is 6.40. The molecule has 0 radical (unpaired) electrons. The quantitative estimate of drug-likeness (QED) is 0.688. The third-order valence-corrected chi connectivity index (χ3v) is 5.77. The molecular weight excluding hydrogens is 289 g/mol. The van der Waals surface area contributed by atoms with E-state index in [1.165, 1.54) is 14.2 Å². The first-order valence-corrected chi connectivity index (χ1v) is 9.03. The molecule has 0 amide bonds. The Hall–Kier alpha value is -0.710. The summed E-state index contributed by atoms with van der Waals surface area (Å²) in [7, 11) is -0.0531. The lowest BCUT2D eigenvalue weighted by Gasteiger charge is -2.25. The average molecular weight is 313 g/mol. The van der Waals surface area contributed by atoms with Gasteiger partial charge in [-0.05, 0) is 24.8 Å². The van der Waals surface area contributed by atoms with Crippen molar-refractivity contribution in [2.75, 3.05) is 26.9 Å². The van der Waals surface area contributed by atoms with Crippen LogP contribution in [0.5, 0.6) is 0 Å². The molecule has 0 N–H and O–H groups in total. The van der Waals surface area contributed by atoms with Crippen LogP contribution in [0, 0.1) is 0 Å². The van der Waals surface area contributed by atoms with E-state index in [9.17, 15) is 4.57 Å². The van der Waals surface area contributed by atoms with Crippen molar-refractivity contribution in [1.82, 2.24) is 5.06 Å². The Morgan fingerprint density at radius 1 is 1.24 bits per heavy atom. The Bertz CT molecular complexity index is 460. The molecule has 1 aromatic rings. The number of benzene rings is 1. The summed E-state index contributed by atoms with van der Waals surface area (Å²) in [5.41, 5.74) is 1.16. The molecule has 5 nitrogen and oxygen atoms in total. The van der Waals surface area contributed by atoms with Crippen molar-refractivity contribution < 1.29 is 18.5 Å². The van der Waals surface area contributed by atoms with Crippen molar-refractivity contribution in [3.05, 3.63) is 35.9 Å². The van der Waals surface area contributed by atoms with Gasteiger partial charge in [-0.25, -0.2) is 0 Å². The van der Waals surface area contributed by atoms with Crippen molar-refractivity contribution in [3.8, 4) is 0 Å². The van der Waals surface area contributed by atoms with Gasteiger partial charge in [0, 0.05) is 26.8 Å². The highest BCUT2D eigenvalue weighted by atomic mass is 31.2. The van der Waals surface area contributed by atoms with Crippen LogP contribution in [0.1, 0.15) is 24.8 Å². The SMILES string of the molecule is COP(=O)(CCC1CCCN1OCc1ccccc1)OC. The van der Waals surface area contributed by atoms with E-state index in [1.807, 2.05) is 23.3 Å². The minimum Gasteiger partial charge on any atom is -0.312 e. The Morgan fingerprint density at radius 3 is 2.62 bits per heavy atom. The zero-order valence-electron chi connectivity index (χ0n) is 12.7. The van der Waals surface area contributed by atoms with Crippen LogP contribution >= 0.6 is 7.60 Å². The smallest absolute Gasteiger partial charge is 0.312 e. The third kappa shape index (κ3) is 4.90. The molecule has 2 rings (SSSR count). The molecule has 1 atom stereocenters. The maximum absolute atomic E-state index is 12.1. The Morgan fingerprint density at radius 2 is 1.95 bits per heavy atom. The van der Waals surface area contributed by atoms with Gasteiger partial charge in [0.2, 0.25) is 0 Å². The normalized spacial score (nSPS) is 20.0. The molecular formula is C15H24NO4P. The minimum absolute atomic E-state index is 0.285. The van der Waals surface area contributed by atoms with Crippen LogP contribution in [0.2, 0.25) is 0 Å². The highest BCUT2D eigenvalue weighted by molar-refractivity contribution is 7.53. The molecule has 1 unspecified atom stereocenters. The van der Waals surface area contributed by atoms with Crippen molar-refractivity contribution in [2.24, 2.45) is 0 Å². The molecule has 0 spiro atoms. The first-order chi connectivity index (χ1) is 10.2. The second-order valence-corrected chi connectivity index (χ2v) is 7.58. The first-order valence-electron chi connectivity index (χ1n) is 7.31. The second kappa shape index (κ2) is 8.06. The van der Waals surface area contributed by atoms with Crippen LogP contribution in [-0.2, 0) is 25.1 Å². The molecule has 1 aliphatic heterocycles. The molecule has 21 heavy (non-hydrogen) atoms. The largest absolute Gasteiger partial charge is 0.330 e. The van der Waals surface area contributed by atoms with Gasteiger partial charge in [0.1, 0.15) is 0 Å². The van der Waals surface area contributed by atoms with Gasteiger partial charge >= 0.3 is 7.60 Å². The monoisotopic (exact) mass is 313 g/mol. The fraction of sp³-hybridized carbons (Fsp3) is 0.600. The topological polar surface area (TPSA) is 48.0 Å². The molecule has 0 bridgehead atoms. The average Bonchev–Trinajstić information content (AvgIpc) is 2.99. The molecule has 0 aromatic heterocycles. The van der Waals surface area contributed by atoms with E-state index in [-0.39, 0.29) is 6.04 Å². The summed E-state index contributed by atoms with van der Waals surface area (Å²) in [4.78, 5) is 5.90. The van der Waals surface area contributed by atoms with E-state index in [4.69, 9.17) is 13.9 Å². The standard InChI is InChI=1S/C15H24NO4P/c1-18-21(17,19-2)12-10-15-9-6-11-16(15)20-13-14-7-4-3-5-8-14/h3-5,7-8,15H,6,9-13H2,1-2H3. The van der Waals surface area contributed by atoms with E-state index < -0.39 is 7.60 Å². The van der Waals surface area contributed by atoms with Crippen molar-refractivity contribution in [3.63, 3.8) is 0 Å². The zero-order valence-corrected chi connectivity index (χ0v) is 13.6. The fourth-order valence-corrected chi connectivity index (χ4v) is 3.69. The van der Waals surface area contributed by atoms with Gasteiger partial charge in [-0.3, -0.25) is 9.40 Å². The highest BCUT2D eigenvalue weighted by Gasteiger charge is 2.29. The maximum Gasteiger partial charge on any atom is 0.330 e. The molecule has 1 aliphatic rings. The third-order valence-electron chi connectivity index (χ3n) is 3.86. The molecule has 1 aromatic carbocycles. The molecule has 1 saturated heterocycles. The van der Waals surface area contributed by atoms with Gasteiger partial charge in [0.05, 0.1) is 12.8 Å². The van der Waals surface area contributed by atoms with Crippen LogP contribution in [0.4, 0.5) is 0 Å². The van der Waals surface area contributed by atoms with E-state index in [1.54, 1.807) is 0 Å². The predicted molar refractivity (Wildman–Crippen MR) is 82.1 cm³/mol. The van der Waals surface area contributed by atoms with Gasteiger partial charge in [-0.1, -0.05) is 30.3 Å². The highest BCUT2D eigenvalue weighted by Crippen LogP contribution is 2.47. The van der Waals surface area contributed by atoms with Crippen LogP contribution in [0.3, 0.4) is 0 Å². The lowest BCUT2D eigenvalue weighted by molar-refractivity contribution is -0.179. The van der Waals surface area contributed by atoms with Crippen molar-refractivity contribution >= 4 is 7.60 Å². The summed E-state index contributed by atoms with van der Waals surface area (Å²) in [5, 5.41) is 2.02. The fourth-order valence-electron chi connectivity index (χ4n) is 2.56. The first kappa shape index (κ1) is 16.7. The number of hydroxylamine groups is 2. The van der Waals surface area contributed by atoms with E-state index in [0.29, 0.717) is 12.8 Å². The summed E-state index contributed by atoms with van der Waals surface area (Å²) < 4.78 is 22.1. The lowest BCUT2D eigenvalue weighted by atomic mass is 10.2. The van der Waals surface area contributed by atoms with Crippen LogP contribution < -0.4 is 0 Å². The van der Waals surface area contributed by atoms with E-state index >= 15 is 0 Å². The Balaban J connectivity index is 1.82. The van der Waals surface area contributed by atoms with Crippen LogP contribution in [0.25, 0.3) is 0 Å². The van der Waals surface area contributed by atoms with Gasteiger partial charge in [-0.2, -0.15) is 5.06 Å². The van der Waals surface area contributed by atoms with Crippen molar-refractivity contribution in [1.29, 1.82) is 0 Å². The predicted octanol–water partition coefficient (Wildman–Crippen LogP) is 3.46. The van der Waals surface area contributed by atoms with Crippen LogP contribution in [-0.4, -0.2) is 38.0 Å². The molecule has 0 saturated carbocycles. The molecule has 1 heterocycles. The van der Waals surface area contributed by atoms with Gasteiger partial charge in [0.15, 0.2) is 0 Å². The summed E-state index contributed by atoms with van der Waals surface area (Å²) in [6, 6.07) is 10.4. The summed E-state index contributed by atoms with van der Waals surface area (Å²) >= 11 is 0. The molecule has 1 fully saturated rings. The summed E-state index contributed by atoms with van der Waals surface area (Å²) in [6.07, 6.45) is 3.34. The van der Waals surface area contributed by atoms with Gasteiger partial charge in [-0.15, -0.1) is 0 Å². The second-order valence-electron chi connectivity index (χ2n) is 5.18. The van der Waals surface area contributed by atoms with Crippen LogP contribution in [0.15, 0.2) is 30.3 Å². The zero-order chi connectivity index (χ0) is 15.1. The van der Waals surface area contributed by atoms with Gasteiger partial charge < -0.3 is 9.05 Å².